The van der Waals surface area contributed by atoms with Crippen LogP contribution in [0.25, 0.3) is 0 Å². The largest absolute Gasteiger partial charge is 0.409 e. The minimum Gasteiger partial charge on any atom is -0.409 e. The van der Waals surface area contributed by atoms with E-state index < -0.39 is 0 Å². The summed E-state index contributed by atoms with van der Waals surface area (Å²) in [5.41, 5.74) is 7.94. The van der Waals surface area contributed by atoms with E-state index in [-0.39, 0.29) is 11.8 Å². The number of nitrogens with zero attached hydrogens (tertiary/aromatic N) is 4. The average Bonchev–Trinajstić information content (AvgIpc) is 2.81. The molecule has 0 bridgehead atoms. The SMILES string of the molecule is CCc1nn(CC)c(CN(CC)CC(C)C(N)=NO)c1Br. The Morgan fingerprint density at radius 2 is 2.14 bits per heavy atom. The summed E-state index contributed by atoms with van der Waals surface area (Å²) in [7, 11) is 0. The molecule has 0 aliphatic heterocycles. The molecule has 1 atom stereocenters. The van der Waals surface area contributed by atoms with Gasteiger partial charge in [0.15, 0.2) is 0 Å². The fourth-order valence-corrected chi connectivity index (χ4v) is 2.95. The van der Waals surface area contributed by atoms with Gasteiger partial charge in [-0.1, -0.05) is 25.9 Å². The lowest BCUT2D eigenvalue weighted by atomic mass is 10.1. The van der Waals surface area contributed by atoms with Gasteiger partial charge in [-0.3, -0.25) is 9.58 Å². The number of aryl methyl sites for hydroxylation is 2. The third-order valence-electron chi connectivity index (χ3n) is 3.67. The first-order chi connectivity index (χ1) is 9.98. The molecule has 0 fully saturated rings. The summed E-state index contributed by atoms with van der Waals surface area (Å²) in [5.74, 6) is 0.281. The number of rotatable bonds is 8. The second-order valence-electron chi connectivity index (χ2n) is 5.13. The van der Waals surface area contributed by atoms with Crippen LogP contribution in [-0.2, 0) is 19.5 Å². The van der Waals surface area contributed by atoms with E-state index in [4.69, 9.17) is 10.9 Å². The molecule has 0 aromatic carbocycles. The molecule has 21 heavy (non-hydrogen) atoms. The Kier molecular flexibility index (Phi) is 7.17. The van der Waals surface area contributed by atoms with Crippen LogP contribution < -0.4 is 5.73 Å². The Bertz CT molecular complexity index is 486. The van der Waals surface area contributed by atoms with Crippen molar-refractivity contribution in [2.24, 2.45) is 16.8 Å². The minimum absolute atomic E-state index is 0.0115. The molecular weight excluding hydrogens is 334 g/mol. The summed E-state index contributed by atoms with van der Waals surface area (Å²) in [6, 6.07) is 0. The second kappa shape index (κ2) is 8.38. The molecule has 1 aromatic heterocycles. The predicted octanol–water partition coefficient (Wildman–Crippen LogP) is 2.43. The lowest BCUT2D eigenvalue weighted by Crippen LogP contribution is -2.35. The highest BCUT2D eigenvalue weighted by atomic mass is 79.9. The lowest BCUT2D eigenvalue weighted by Gasteiger charge is -2.24. The van der Waals surface area contributed by atoms with Gasteiger partial charge in [0.25, 0.3) is 0 Å². The van der Waals surface area contributed by atoms with E-state index in [9.17, 15) is 0 Å². The van der Waals surface area contributed by atoms with Gasteiger partial charge in [-0.15, -0.1) is 0 Å². The first kappa shape index (κ1) is 18.0. The second-order valence-corrected chi connectivity index (χ2v) is 5.92. The van der Waals surface area contributed by atoms with E-state index in [0.29, 0.717) is 0 Å². The van der Waals surface area contributed by atoms with Crippen LogP contribution in [-0.4, -0.2) is 38.8 Å². The van der Waals surface area contributed by atoms with Gasteiger partial charge in [0, 0.05) is 25.6 Å². The Balaban J connectivity index is 2.89. The molecule has 0 spiro atoms. The third-order valence-corrected chi connectivity index (χ3v) is 4.58. The van der Waals surface area contributed by atoms with Crippen LogP contribution >= 0.6 is 15.9 Å². The highest BCUT2D eigenvalue weighted by Gasteiger charge is 2.18. The van der Waals surface area contributed by atoms with E-state index in [2.05, 4.69) is 51.9 Å². The van der Waals surface area contributed by atoms with Crippen molar-refractivity contribution in [2.45, 2.75) is 47.2 Å². The fourth-order valence-electron chi connectivity index (χ4n) is 2.26. The van der Waals surface area contributed by atoms with Gasteiger partial charge in [-0.2, -0.15) is 5.10 Å². The van der Waals surface area contributed by atoms with E-state index in [1.165, 1.54) is 5.69 Å². The molecule has 1 aromatic rings. The van der Waals surface area contributed by atoms with Crippen molar-refractivity contribution in [1.29, 1.82) is 0 Å². The molecule has 1 heterocycles. The number of hydrogen-bond acceptors (Lipinski definition) is 4. The van der Waals surface area contributed by atoms with Crippen molar-refractivity contribution in [1.82, 2.24) is 14.7 Å². The summed E-state index contributed by atoms with van der Waals surface area (Å²) in [5, 5.41) is 16.5. The number of amidine groups is 1. The van der Waals surface area contributed by atoms with Crippen molar-refractivity contribution < 1.29 is 5.21 Å². The van der Waals surface area contributed by atoms with Crippen molar-refractivity contribution in [3.8, 4) is 0 Å². The number of halogens is 1. The van der Waals surface area contributed by atoms with Gasteiger partial charge in [0.1, 0.15) is 5.84 Å². The van der Waals surface area contributed by atoms with E-state index in [1.807, 2.05) is 11.6 Å². The Hall–Kier alpha value is -1.08. The van der Waals surface area contributed by atoms with Gasteiger partial charge in [-0.25, -0.2) is 0 Å². The molecule has 6 nitrogen and oxygen atoms in total. The summed E-state index contributed by atoms with van der Waals surface area (Å²) in [6.07, 6.45) is 0.910. The van der Waals surface area contributed by atoms with Gasteiger partial charge in [0.2, 0.25) is 0 Å². The molecule has 0 radical (unpaired) electrons. The lowest BCUT2D eigenvalue weighted by molar-refractivity contribution is 0.250. The molecule has 0 amide bonds. The predicted molar refractivity (Wildman–Crippen MR) is 88.5 cm³/mol. The number of hydrogen-bond donors (Lipinski definition) is 2. The smallest absolute Gasteiger partial charge is 0.143 e. The van der Waals surface area contributed by atoms with E-state index >= 15 is 0 Å². The Labute approximate surface area is 135 Å². The molecule has 0 saturated heterocycles. The maximum atomic E-state index is 8.76. The van der Waals surface area contributed by atoms with Crippen LogP contribution in [0.15, 0.2) is 9.63 Å². The Morgan fingerprint density at radius 1 is 1.48 bits per heavy atom. The van der Waals surface area contributed by atoms with Crippen LogP contribution in [0.4, 0.5) is 0 Å². The van der Waals surface area contributed by atoms with E-state index in [0.717, 1.165) is 42.8 Å². The number of nitrogens with two attached hydrogens (primary N) is 1. The van der Waals surface area contributed by atoms with Gasteiger partial charge >= 0.3 is 0 Å². The Morgan fingerprint density at radius 3 is 2.62 bits per heavy atom. The fraction of sp³-hybridized carbons (Fsp3) is 0.714. The van der Waals surface area contributed by atoms with Crippen LogP contribution in [0.2, 0.25) is 0 Å². The molecule has 7 heteroatoms. The molecule has 1 unspecified atom stereocenters. The molecule has 120 valence electrons. The van der Waals surface area contributed by atoms with Gasteiger partial charge < -0.3 is 10.9 Å². The first-order valence-electron chi connectivity index (χ1n) is 7.42. The van der Waals surface area contributed by atoms with Crippen molar-refractivity contribution >= 4 is 21.8 Å². The zero-order valence-corrected chi connectivity index (χ0v) is 14.9. The highest BCUT2D eigenvalue weighted by Crippen LogP contribution is 2.24. The van der Waals surface area contributed by atoms with Crippen LogP contribution in [0, 0.1) is 5.92 Å². The zero-order chi connectivity index (χ0) is 16.0. The summed E-state index contributed by atoms with van der Waals surface area (Å²) in [6.45, 7) is 11.6. The number of aromatic nitrogens is 2. The van der Waals surface area contributed by atoms with Crippen LogP contribution in [0.1, 0.15) is 39.1 Å². The topological polar surface area (TPSA) is 79.7 Å². The highest BCUT2D eigenvalue weighted by molar-refractivity contribution is 9.10. The van der Waals surface area contributed by atoms with Crippen molar-refractivity contribution in [3.63, 3.8) is 0 Å². The quantitative estimate of drug-likeness (QED) is 0.323. The summed E-state index contributed by atoms with van der Waals surface area (Å²) < 4.78 is 3.14. The maximum absolute atomic E-state index is 8.76. The standard InChI is InChI=1S/C14H26BrN5O/c1-5-11-13(15)12(20(7-3)17-11)9-19(6-2)8-10(4)14(16)18-21/h10,21H,5-9H2,1-4H3,(H2,16,18). The van der Waals surface area contributed by atoms with E-state index in [1.54, 1.807) is 0 Å². The number of oxime groups is 1. The third kappa shape index (κ3) is 4.44. The van der Waals surface area contributed by atoms with Gasteiger partial charge in [0.05, 0.1) is 15.9 Å². The molecule has 0 saturated carbocycles. The molecule has 0 aliphatic rings. The monoisotopic (exact) mass is 359 g/mol. The maximum Gasteiger partial charge on any atom is 0.143 e. The first-order valence-corrected chi connectivity index (χ1v) is 8.21. The molecule has 0 aliphatic carbocycles. The summed E-state index contributed by atoms with van der Waals surface area (Å²) >= 11 is 3.67. The molecule has 3 N–H and O–H groups in total. The van der Waals surface area contributed by atoms with Crippen LogP contribution in [0.3, 0.4) is 0 Å². The molecule has 1 rings (SSSR count). The normalized spacial score (nSPS) is 13.9. The molecular formula is C14H26BrN5O. The van der Waals surface area contributed by atoms with Crippen molar-refractivity contribution in [2.75, 3.05) is 13.1 Å². The van der Waals surface area contributed by atoms with Crippen LogP contribution in [0.5, 0.6) is 0 Å². The zero-order valence-electron chi connectivity index (χ0n) is 13.3. The van der Waals surface area contributed by atoms with Gasteiger partial charge in [-0.05, 0) is 35.8 Å². The minimum atomic E-state index is 0.0115. The van der Waals surface area contributed by atoms with Crippen molar-refractivity contribution in [3.05, 3.63) is 15.9 Å². The average molecular weight is 360 g/mol. The summed E-state index contributed by atoms with van der Waals surface area (Å²) in [4.78, 5) is 2.27.